The van der Waals surface area contributed by atoms with Gasteiger partial charge in [0.1, 0.15) is 61.2 Å². The Morgan fingerprint density at radius 1 is 0.873 bits per heavy atom. The van der Waals surface area contributed by atoms with Crippen molar-refractivity contribution in [3.63, 3.8) is 0 Å². The topological polar surface area (TPSA) is 347 Å². The molecule has 6 rings (SSSR count). The van der Waals surface area contributed by atoms with Crippen molar-refractivity contribution in [2.24, 2.45) is 16.6 Å². The molecule has 1 aliphatic heterocycles. The number of fused-ring (bicyclic) bond motifs is 5. The van der Waals surface area contributed by atoms with Crippen LogP contribution in [0, 0.1) is 25.2 Å². The summed E-state index contributed by atoms with van der Waals surface area (Å²) in [4.78, 5) is 79.3. The van der Waals surface area contributed by atoms with Crippen LogP contribution in [0.3, 0.4) is 0 Å². The summed E-state index contributed by atoms with van der Waals surface area (Å²) in [5.41, 5.74) is 14.2. The summed E-state index contributed by atoms with van der Waals surface area (Å²) in [5.74, 6) is -2.61. The van der Waals surface area contributed by atoms with E-state index in [1.165, 1.54) is 19.4 Å². The van der Waals surface area contributed by atoms with E-state index in [4.69, 9.17) is 36.1 Å². The van der Waals surface area contributed by atoms with Crippen LogP contribution >= 0.6 is 0 Å². The maximum absolute atomic E-state index is 14.5. The quantitative estimate of drug-likeness (QED) is 0.0621. The van der Waals surface area contributed by atoms with E-state index in [9.17, 15) is 32.4 Å². The van der Waals surface area contributed by atoms with E-state index in [0.29, 0.717) is 39.6 Å². The van der Waals surface area contributed by atoms with E-state index >= 15 is 0 Å². The second kappa shape index (κ2) is 24.6. The van der Waals surface area contributed by atoms with Gasteiger partial charge in [-0.2, -0.15) is 18.4 Å². The standard InChI is InChI=1S/C48H60N12O10S/c1-27-41(28(2)56-43(55-27)31-10-13-34(14-11-31)70-33-7-5-4-6-8-33)47(64)59-38(26-54-71(52,66)67)46(63)60-42-32-12-16-40(69-22-19-51)36(25-32)35-23-30(9-15-39(35)68-21-18-50)24-37(45(62)53-20-17-49)58-44(61)29(3)57-48(42)65/h9-16,23,25,29,33,37-38,42,54H,4-8,18-22,24,26,50-51H2,1-3H3,(H,53,62)(H,57,65)(H,58,61)(H,59,64)(H,60,63)(H2,52,66,67)/t29-,37-,38-,42-/m0/s1. The minimum atomic E-state index is -4.44. The molecule has 5 amide bonds. The Hall–Kier alpha value is -7.23. The first-order valence-corrected chi connectivity index (χ1v) is 24.7. The molecule has 2 heterocycles. The molecule has 0 unspecified atom stereocenters. The van der Waals surface area contributed by atoms with Crippen LogP contribution in [-0.2, 0) is 35.8 Å². The van der Waals surface area contributed by atoms with Gasteiger partial charge in [-0.1, -0.05) is 18.6 Å². The first kappa shape index (κ1) is 53.1. The number of hydrogen-bond acceptors (Lipinski definition) is 15. The third-order valence-electron chi connectivity index (χ3n) is 11.7. The minimum absolute atomic E-state index is 0.00202. The van der Waals surface area contributed by atoms with Gasteiger partial charge in [-0.3, -0.25) is 24.0 Å². The molecule has 378 valence electrons. The number of carbonyl (C=O) groups excluding carboxylic acids is 5. The molecule has 0 radical (unpaired) electrons. The van der Waals surface area contributed by atoms with Gasteiger partial charge in [-0.05, 0) is 106 Å². The third-order valence-corrected chi connectivity index (χ3v) is 12.3. The molecule has 2 aliphatic rings. The SMILES string of the molecule is Cc1nc(-c2ccc(OC3CCCCC3)cc2)nc(C)c1C(=O)N[C@@H](CNS(N)(=O)=O)C(=O)N[C@@H]1C(=O)N[C@@H](C)C(=O)N[C@H](C(=O)NCC#N)Cc2ccc(OCCN)c(c2)-c2cc1ccc2OCCN. The lowest BCUT2D eigenvalue weighted by molar-refractivity contribution is -0.133. The van der Waals surface area contributed by atoms with Crippen molar-refractivity contribution in [3.05, 3.63) is 88.7 Å². The zero-order valence-corrected chi connectivity index (χ0v) is 40.5. The molecular formula is C48H60N12O10S. The summed E-state index contributed by atoms with van der Waals surface area (Å²) in [7, 11) is -4.44. The van der Waals surface area contributed by atoms with Crippen molar-refractivity contribution in [2.75, 3.05) is 39.4 Å². The summed E-state index contributed by atoms with van der Waals surface area (Å²) in [6.45, 7) is 3.88. The smallest absolute Gasteiger partial charge is 0.274 e. The monoisotopic (exact) mass is 996 g/mol. The number of nitriles is 1. The Morgan fingerprint density at radius 2 is 1.51 bits per heavy atom. The molecule has 1 aromatic heterocycles. The number of aryl methyl sites for hydroxylation is 2. The van der Waals surface area contributed by atoms with Gasteiger partial charge >= 0.3 is 0 Å². The Bertz CT molecular complexity index is 2720. The molecule has 0 saturated heterocycles. The normalized spacial score (nSPS) is 17.8. The van der Waals surface area contributed by atoms with Gasteiger partial charge in [-0.25, -0.2) is 15.1 Å². The Morgan fingerprint density at radius 3 is 2.13 bits per heavy atom. The maximum atomic E-state index is 14.5. The zero-order chi connectivity index (χ0) is 51.2. The molecule has 1 aliphatic carbocycles. The highest BCUT2D eigenvalue weighted by atomic mass is 32.2. The van der Waals surface area contributed by atoms with Crippen LogP contribution < -0.4 is 62.1 Å². The number of hydrogen-bond donors (Lipinski definition) is 9. The summed E-state index contributed by atoms with van der Waals surface area (Å²) in [5, 5.41) is 27.3. The van der Waals surface area contributed by atoms with Crippen molar-refractivity contribution in [1.29, 1.82) is 5.26 Å². The maximum Gasteiger partial charge on any atom is 0.274 e. The molecule has 3 aromatic carbocycles. The lowest BCUT2D eigenvalue weighted by Gasteiger charge is -2.27. The zero-order valence-electron chi connectivity index (χ0n) is 39.7. The number of nitrogens with one attached hydrogen (secondary N) is 6. The van der Waals surface area contributed by atoms with Crippen LogP contribution in [-0.4, -0.2) is 112 Å². The summed E-state index contributed by atoms with van der Waals surface area (Å²) in [6, 6.07) is 12.9. The largest absolute Gasteiger partial charge is 0.492 e. The molecule has 4 aromatic rings. The molecule has 0 spiro atoms. The van der Waals surface area contributed by atoms with Crippen LogP contribution in [0.25, 0.3) is 22.5 Å². The van der Waals surface area contributed by atoms with E-state index in [-0.39, 0.29) is 67.9 Å². The average molecular weight is 997 g/mol. The van der Waals surface area contributed by atoms with E-state index in [1.54, 1.807) is 44.2 Å². The van der Waals surface area contributed by atoms with Gasteiger partial charge in [0.15, 0.2) is 5.82 Å². The molecule has 22 nitrogen and oxygen atoms in total. The first-order valence-electron chi connectivity index (χ1n) is 23.2. The van der Waals surface area contributed by atoms with Crippen molar-refractivity contribution >= 4 is 39.7 Å². The lowest BCUT2D eigenvalue weighted by atomic mass is 9.94. The number of nitrogens with two attached hydrogens (primary N) is 3. The summed E-state index contributed by atoms with van der Waals surface area (Å²) < 4.78 is 44.7. The van der Waals surface area contributed by atoms with Crippen molar-refractivity contribution in [3.8, 4) is 45.8 Å². The van der Waals surface area contributed by atoms with Crippen LogP contribution in [0.2, 0.25) is 0 Å². The highest BCUT2D eigenvalue weighted by molar-refractivity contribution is 7.87. The summed E-state index contributed by atoms with van der Waals surface area (Å²) in [6.07, 6.45) is 5.58. The van der Waals surface area contributed by atoms with Crippen LogP contribution in [0.5, 0.6) is 17.2 Å². The fourth-order valence-corrected chi connectivity index (χ4v) is 8.61. The predicted molar refractivity (Wildman–Crippen MR) is 261 cm³/mol. The first-order chi connectivity index (χ1) is 34.0. The fraction of sp³-hybridized carbons (Fsp3) is 0.417. The molecule has 71 heavy (non-hydrogen) atoms. The fourth-order valence-electron chi connectivity index (χ4n) is 8.21. The molecule has 1 fully saturated rings. The van der Waals surface area contributed by atoms with Gasteiger partial charge in [0.2, 0.25) is 23.6 Å². The van der Waals surface area contributed by atoms with Gasteiger partial charge in [0.05, 0.1) is 29.1 Å². The Kier molecular flexibility index (Phi) is 18.4. The number of nitrogens with zero attached hydrogens (tertiary/aromatic N) is 3. The van der Waals surface area contributed by atoms with Gasteiger partial charge in [-0.15, -0.1) is 0 Å². The highest BCUT2D eigenvalue weighted by Crippen LogP contribution is 2.39. The minimum Gasteiger partial charge on any atom is -0.492 e. The van der Waals surface area contributed by atoms with Crippen molar-refractivity contribution < 1.29 is 46.6 Å². The number of amides is 5. The Balaban J connectivity index is 1.35. The van der Waals surface area contributed by atoms with Crippen molar-refractivity contribution in [2.45, 2.75) is 89.6 Å². The van der Waals surface area contributed by atoms with Crippen molar-refractivity contribution in [1.82, 2.24) is 41.3 Å². The number of rotatable bonds is 18. The number of benzene rings is 3. The second-order valence-electron chi connectivity index (χ2n) is 17.1. The molecular weight excluding hydrogens is 937 g/mol. The second-order valence-corrected chi connectivity index (χ2v) is 18.5. The van der Waals surface area contributed by atoms with Crippen LogP contribution in [0.15, 0.2) is 60.7 Å². The number of ether oxygens (including phenoxy) is 3. The Labute approximate surface area is 411 Å². The van der Waals surface area contributed by atoms with E-state index < -0.39 is 70.5 Å². The lowest BCUT2D eigenvalue weighted by Crippen LogP contribution is -2.57. The van der Waals surface area contributed by atoms with Crippen LogP contribution in [0.4, 0.5) is 0 Å². The van der Waals surface area contributed by atoms with Gasteiger partial charge < -0.3 is 52.3 Å². The van der Waals surface area contributed by atoms with E-state index in [1.807, 2.05) is 35.1 Å². The van der Waals surface area contributed by atoms with Crippen LogP contribution in [0.1, 0.15) is 77.9 Å². The molecule has 23 heteroatoms. The average Bonchev–Trinajstić information content (AvgIpc) is 3.34. The van der Waals surface area contributed by atoms with Gasteiger partial charge in [0.25, 0.3) is 16.1 Å². The molecule has 1 saturated carbocycles. The summed E-state index contributed by atoms with van der Waals surface area (Å²) >= 11 is 0. The molecule has 12 N–H and O–H groups in total. The van der Waals surface area contributed by atoms with E-state index in [0.717, 1.165) is 31.4 Å². The van der Waals surface area contributed by atoms with Gasteiger partial charge in [0, 0.05) is 42.7 Å². The predicted octanol–water partition coefficient (Wildman–Crippen LogP) is 0.748. The number of carbonyl (C=O) groups is 5. The highest BCUT2D eigenvalue weighted by Gasteiger charge is 2.34. The third kappa shape index (κ3) is 14.4. The number of aromatic nitrogens is 2. The molecule has 4 bridgehead atoms. The van der Waals surface area contributed by atoms with E-state index in [2.05, 4.69) is 36.6 Å². The molecule has 4 atom stereocenters.